The van der Waals surface area contributed by atoms with Crippen molar-refractivity contribution in [3.8, 4) is 0 Å². The fourth-order valence-corrected chi connectivity index (χ4v) is 13.9. The average molecular weight is 2730 g/mol. The molecule has 2 aromatic carbocycles. The number of aliphatic hydroxyl groups is 1. The van der Waals surface area contributed by atoms with E-state index in [1.54, 1.807) is 20.8 Å². The van der Waals surface area contributed by atoms with Gasteiger partial charge < -0.3 is 139 Å². The summed E-state index contributed by atoms with van der Waals surface area (Å²) in [5.41, 5.74) is 9.07. The van der Waals surface area contributed by atoms with Crippen molar-refractivity contribution in [1.29, 1.82) is 0 Å². The number of carboxylic acid groups (broad SMARTS) is 6. The fourth-order valence-electron chi connectivity index (χ4n) is 13.9. The Balaban J connectivity index is -0.000000164. The molecule has 0 unspecified atom stereocenters. The smallest absolute Gasteiger partial charge is 0.693 e. The number of nitrogens with one attached hydrogen (secondary N) is 7. The molecular weight excluding hydrogens is 2550 g/mol. The molecule has 4 rings (SSSR count). The first-order valence-corrected chi connectivity index (χ1v) is 66.0. The van der Waals surface area contributed by atoms with E-state index in [0.717, 1.165) is 71.5 Å². The first-order chi connectivity index (χ1) is 66.6. The van der Waals surface area contributed by atoms with E-state index >= 15 is 0 Å². The summed E-state index contributed by atoms with van der Waals surface area (Å²) in [5.74, 6) is -5.51. The van der Waals surface area contributed by atoms with Gasteiger partial charge in [-0.15, -0.1) is 0 Å². The molecule has 0 aliphatic carbocycles. The predicted molar refractivity (Wildman–Crippen MR) is 579 cm³/mol. The number of esters is 2. The van der Waals surface area contributed by atoms with Crippen molar-refractivity contribution in [2.75, 3.05) is 59.1 Å². The fraction of sp³-hybridized carbons (Fsp3) is 0.714. The summed E-state index contributed by atoms with van der Waals surface area (Å²) < 4.78 is 19.5. The van der Waals surface area contributed by atoms with Crippen molar-refractivity contribution in [2.24, 2.45) is 19.8 Å². The van der Waals surface area contributed by atoms with Crippen LogP contribution in [0.3, 0.4) is 0 Å². The van der Waals surface area contributed by atoms with Crippen LogP contribution in [0.25, 0.3) is 58.7 Å². The van der Waals surface area contributed by atoms with Crippen LogP contribution in [0.15, 0.2) is 60.9 Å². The van der Waals surface area contributed by atoms with Crippen LogP contribution >= 0.6 is 56.5 Å². The van der Waals surface area contributed by atoms with Gasteiger partial charge in [0.2, 0.25) is 17.7 Å². The number of hydrogen-bond acceptors (Lipinski definition) is 17. The molecule has 38 nitrogen and oxygen atoms in total. The van der Waals surface area contributed by atoms with Crippen LogP contribution < -0.4 is 43.0 Å². The van der Waals surface area contributed by atoms with Crippen molar-refractivity contribution < 1.29 is 157 Å². The maximum absolute atomic E-state index is 12.8. The molecule has 7 amide bonds. The number of carbonyl (C=O) groups is 12. The number of aryl methyl sites for hydroxylation is 2. The molecule has 858 valence electrons. The third-order valence-electron chi connectivity index (χ3n) is 21.0. The second-order valence-electron chi connectivity index (χ2n) is 34.2. The quantitative estimate of drug-likeness (QED) is 0.0111. The molecule has 0 bridgehead atoms. The van der Waals surface area contributed by atoms with Crippen LogP contribution in [0.5, 0.6) is 0 Å². The molecular formula is C98H182Cl6N16O22Pt3. The minimum absolute atomic E-state index is 0. The SMILES string of the molecule is CCCCCCCCCCCCCCCCNC(=O)O.CCCCCCCCCCCCCCCCNC(=O)O.CCCCCCCCCCCCCCCCNC(=O)O.Cn1cc(C[C@@H](N)C(=O)OCCNC(=O)CCC(=O)O)c2ccccc21.Cn1cc(C[C@@H](NC(=O)OC(C)(C)C)C(=O)OCCNC(=O)CCC(=O)O)c2ccccc21.O=C(O)CCC(=O)NCCO.[Cl][Pt+2][Cl].[Cl][Pt+2][Cl].[Cl][Pt+2][Cl].[NH2-].[NH2-].[NH2-].[NH2-].[NH2-].[NH2-]. The molecule has 2 aromatic heterocycles. The van der Waals surface area contributed by atoms with Crippen molar-refractivity contribution in [1.82, 2.24) is 46.4 Å². The Morgan fingerprint density at radius 3 is 0.841 bits per heavy atom. The van der Waals surface area contributed by atoms with E-state index < -0.39 is 133 Å². The van der Waals surface area contributed by atoms with Crippen LogP contribution in [-0.2, 0) is 129 Å². The van der Waals surface area contributed by atoms with Gasteiger partial charge in [-0.2, -0.15) is 0 Å². The predicted octanol–water partition coefficient (Wildman–Crippen LogP) is 27.3. The number of ether oxygens (including phenoxy) is 3. The van der Waals surface area contributed by atoms with E-state index in [9.17, 15) is 57.5 Å². The number of aliphatic carboxylic acids is 3. The third-order valence-corrected chi connectivity index (χ3v) is 21.0. The average Bonchev–Trinajstić information content (AvgIpc) is 1.67. The Morgan fingerprint density at radius 1 is 0.352 bits per heavy atom. The summed E-state index contributed by atoms with van der Waals surface area (Å²) in [6.45, 7) is 13.8. The Hall–Kier alpha value is -6.16. The summed E-state index contributed by atoms with van der Waals surface area (Å²) in [6, 6.07) is 13.8. The van der Waals surface area contributed by atoms with Crippen molar-refractivity contribution in [3.05, 3.63) is 109 Å². The topological polar surface area (TPSA) is 695 Å². The van der Waals surface area contributed by atoms with Gasteiger partial charge in [-0.1, -0.05) is 308 Å². The Labute approximate surface area is 914 Å². The summed E-state index contributed by atoms with van der Waals surface area (Å²) in [7, 11) is 33.1. The van der Waals surface area contributed by atoms with Gasteiger partial charge >= 0.3 is 160 Å². The van der Waals surface area contributed by atoms with Gasteiger partial charge in [-0.25, -0.2) is 24.0 Å². The zero-order chi connectivity index (χ0) is 105. The number of para-hydroxylation sites is 2. The van der Waals surface area contributed by atoms with Crippen LogP contribution in [0.1, 0.15) is 361 Å². The van der Waals surface area contributed by atoms with E-state index in [4.69, 9.17) is 112 Å². The third kappa shape index (κ3) is 115. The Morgan fingerprint density at radius 2 is 0.593 bits per heavy atom. The maximum Gasteiger partial charge on any atom is -0.693 e. The maximum atomic E-state index is 12.8. The standard InChI is InChI=1S/C23H31N3O7.C18H23N3O5.3C17H35NO2.C6H11NO4.6ClH.6H2N.3Pt/c1-23(2,3)33-22(31)25-17(13-15-14-26(4)18-8-6-5-7-16(15)18)21(30)32-12-11-24-19(27)9-10-20(28)29;1-21-11-12(13-4-2-3-5-15(13)21)10-14(19)18(25)26-9-8-20-16(22)6-7-17(23)24;3*1-2-3-4-5-6-7-8-9-10-11-12-13-14-15-16-18-17(19)20;8-4-3-7-5(9)1-2-6(10)11;;;;;;;;;;;;;;;/h5-8,14,17H,9-13H2,1-4H3,(H,24,27)(H,25,31)(H,28,29);2-5,11,14H,6-10,19H2,1H3,(H,20,22)(H,23,24);3*18H,2-16H2,1H3,(H,19,20);8H,1-4H2,(H,7,9)(H,10,11);6*1H;6*1H2;;;/q;;;;;;;;;;;;6*-1;3*+4/p-6/t17-;14-;;;;;;;;;;;;;;;;;;;/m11.................../s1. The van der Waals surface area contributed by atoms with Crippen LogP contribution in [0.2, 0.25) is 0 Å². The second-order valence-corrected chi connectivity index (χ2v) is 44.0. The number of halogens is 6. The number of aliphatic hydroxyl groups excluding tert-OH is 1. The molecule has 145 heavy (non-hydrogen) atoms. The minimum Gasteiger partial charge on any atom is -0.693 e. The molecule has 2 atom stereocenters. The van der Waals surface area contributed by atoms with Gasteiger partial charge in [0.25, 0.3) is 0 Å². The summed E-state index contributed by atoms with van der Waals surface area (Å²) in [4.78, 5) is 132. The van der Waals surface area contributed by atoms with E-state index in [0.29, 0.717) is 26.1 Å². The van der Waals surface area contributed by atoms with Crippen molar-refractivity contribution in [2.45, 2.75) is 380 Å². The number of nitrogens with zero attached hydrogens (tertiary/aromatic N) is 2. The first-order valence-electron chi connectivity index (χ1n) is 49.1. The molecule has 0 spiro atoms. The number of aromatic nitrogens is 2. The zero-order valence-electron chi connectivity index (χ0n) is 87.1. The number of hydrogen-bond donors (Lipinski definition) is 15. The van der Waals surface area contributed by atoms with E-state index in [-0.39, 0.29) is 127 Å². The summed E-state index contributed by atoms with van der Waals surface area (Å²) in [5, 5.41) is 77.8. The molecule has 0 aliphatic heterocycles. The Kier molecular flexibility index (Phi) is 131. The molecule has 0 saturated heterocycles. The molecule has 4 aromatic rings. The number of rotatable bonds is 69. The van der Waals surface area contributed by atoms with Crippen LogP contribution in [0.4, 0.5) is 19.2 Å². The number of unbranched alkanes of at least 4 members (excludes halogenated alkanes) is 39. The van der Waals surface area contributed by atoms with Crippen LogP contribution in [0, 0.1) is 0 Å². The number of carboxylic acids is 3. The normalized spacial score (nSPS) is 10.5. The monoisotopic (exact) mass is 2730 g/mol. The minimum atomic E-state index is -1.07. The number of benzene rings is 2. The Bertz CT molecular complexity index is 3660. The molecule has 2 heterocycles. The molecule has 28 N–H and O–H groups in total. The summed E-state index contributed by atoms with van der Waals surface area (Å²) in [6.07, 6.45) is 55.9. The number of nitrogens with two attached hydrogens (primary N) is 7. The van der Waals surface area contributed by atoms with Crippen LogP contribution in [-0.4, -0.2) is 194 Å². The first kappa shape index (κ1) is 161. The molecule has 0 fully saturated rings. The number of amides is 7. The molecule has 47 heteroatoms. The molecule has 0 radical (unpaired) electrons. The molecule has 0 aliphatic rings. The van der Waals surface area contributed by atoms with Gasteiger partial charge in [-0.05, 0) is 63.3 Å². The van der Waals surface area contributed by atoms with Gasteiger partial charge in [-0.3, -0.25) is 33.6 Å². The summed E-state index contributed by atoms with van der Waals surface area (Å²) >= 11 is -1.42. The van der Waals surface area contributed by atoms with E-state index in [1.165, 1.54) is 231 Å². The molecule has 0 saturated carbocycles. The van der Waals surface area contributed by atoms with Crippen molar-refractivity contribution >= 4 is 150 Å². The largest absolute Gasteiger partial charge is 0.693 e. The van der Waals surface area contributed by atoms with E-state index in [2.05, 4.69) is 58.0 Å². The second kappa shape index (κ2) is 118. The van der Waals surface area contributed by atoms with Crippen molar-refractivity contribution in [3.63, 3.8) is 0 Å². The number of fused-ring (bicyclic) bond motifs is 2. The number of alkyl carbamates (subject to hydrolysis) is 1. The van der Waals surface area contributed by atoms with E-state index in [1.807, 2.05) is 84.2 Å². The van der Waals surface area contributed by atoms with Gasteiger partial charge in [0.1, 0.15) is 30.9 Å². The number of carbonyl (C=O) groups excluding carboxylic acids is 6. The zero-order valence-corrected chi connectivity index (χ0v) is 98.4. The van der Waals surface area contributed by atoms with Gasteiger partial charge in [0, 0.05) is 107 Å². The van der Waals surface area contributed by atoms with Gasteiger partial charge in [0.15, 0.2) is 0 Å². The van der Waals surface area contributed by atoms with Gasteiger partial charge in [0.05, 0.1) is 39.0 Å².